The van der Waals surface area contributed by atoms with Crippen LogP contribution >= 0.6 is 11.3 Å². The number of carbonyl (C=O) groups is 3. The minimum atomic E-state index is -3.96. The zero-order valence-electron chi connectivity index (χ0n) is 24.5. The van der Waals surface area contributed by atoms with Crippen LogP contribution in [0.5, 0.6) is 5.75 Å². The molecule has 2 aliphatic rings. The van der Waals surface area contributed by atoms with Crippen molar-refractivity contribution in [2.24, 2.45) is 0 Å². The van der Waals surface area contributed by atoms with Gasteiger partial charge in [0.1, 0.15) is 16.8 Å². The molecular formula is C32H30N4O8S2. The Balaban J connectivity index is 1.02. The van der Waals surface area contributed by atoms with Gasteiger partial charge in [-0.2, -0.15) is 0 Å². The van der Waals surface area contributed by atoms with E-state index in [1.54, 1.807) is 18.3 Å². The summed E-state index contributed by atoms with van der Waals surface area (Å²) in [6.45, 7) is 2.57. The molecule has 0 unspecified atom stereocenters. The number of benzene rings is 3. The molecule has 46 heavy (non-hydrogen) atoms. The van der Waals surface area contributed by atoms with Crippen molar-refractivity contribution in [3.63, 3.8) is 0 Å². The van der Waals surface area contributed by atoms with Crippen LogP contribution in [0.4, 0.5) is 5.69 Å². The molecule has 0 radical (unpaired) electrons. The lowest BCUT2D eigenvalue weighted by molar-refractivity contribution is -0.149. The molecule has 3 N–H and O–H groups in total. The van der Waals surface area contributed by atoms with Crippen LogP contribution in [0.1, 0.15) is 32.0 Å². The molecule has 3 heterocycles. The molecule has 4 aromatic rings. The van der Waals surface area contributed by atoms with E-state index in [2.05, 4.69) is 15.6 Å². The van der Waals surface area contributed by atoms with Gasteiger partial charge in [-0.15, -0.1) is 11.3 Å². The lowest BCUT2D eigenvalue weighted by Gasteiger charge is -2.32. The van der Waals surface area contributed by atoms with E-state index < -0.39 is 33.7 Å². The van der Waals surface area contributed by atoms with E-state index in [-0.39, 0.29) is 39.8 Å². The van der Waals surface area contributed by atoms with Crippen molar-refractivity contribution in [3.05, 3.63) is 88.9 Å². The minimum absolute atomic E-state index is 0.0459. The molecule has 2 aliphatic heterocycles. The summed E-state index contributed by atoms with van der Waals surface area (Å²) in [6, 6.07) is 17.0. The monoisotopic (exact) mass is 662 g/mol. The molecule has 0 bridgehead atoms. The summed E-state index contributed by atoms with van der Waals surface area (Å²) in [6.07, 6.45) is 2.36. The number of fused-ring (bicyclic) bond motifs is 2. The van der Waals surface area contributed by atoms with Gasteiger partial charge in [0.25, 0.3) is 11.8 Å². The Labute approximate surface area is 268 Å². The second-order valence-electron chi connectivity index (χ2n) is 10.7. The number of ether oxygens (including phenoxy) is 2. The van der Waals surface area contributed by atoms with Crippen molar-refractivity contribution < 1.29 is 37.4 Å². The van der Waals surface area contributed by atoms with Crippen molar-refractivity contribution in [3.8, 4) is 16.3 Å². The molecule has 14 heteroatoms. The third kappa shape index (κ3) is 6.65. The molecule has 12 nitrogen and oxygen atoms in total. The first-order valence-corrected chi connectivity index (χ1v) is 16.8. The first-order valence-electron chi connectivity index (χ1n) is 14.5. The number of carbonyl (C=O) groups excluding carboxylic acids is 2. The summed E-state index contributed by atoms with van der Waals surface area (Å²) < 4.78 is 37.5. The van der Waals surface area contributed by atoms with E-state index in [0.717, 1.165) is 15.4 Å². The predicted molar refractivity (Wildman–Crippen MR) is 169 cm³/mol. The fourth-order valence-electron chi connectivity index (χ4n) is 5.28. The largest absolute Gasteiger partial charge is 0.494 e. The normalized spacial score (nSPS) is 17.2. The molecule has 2 amide bonds. The second-order valence-corrected chi connectivity index (χ2v) is 13.7. The summed E-state index contributed by atoms with van der Waals surface area (Å²) in [4.78, 5) is 44.1. The molecule has 238 valence electrons. The number of anilines is 1. The predicted octanol–water partition coefficient (Wildman–Crippen LogP) is 3.69. The number of nitrogens with one attached hydrogen (secondary N) is 2. The fraction of sp³-hybridized carbons (Fsp3) is 0.250. The first kappa shape index (κ1) is 31.4. The van der Waals surface area contributed by atoms with Gasteiger partial charge in [-0.05, 0) is 61.0 Å². The van der Waals surface area contributed by atoms with Gasteiger partial charge in [0.15, 0.2) is 0 Å². The van der Waals surface area contributed by atoms with E-state index >= 15 is 0 Å². The van der Waals surface area contributed by atoms with Crippen LogP contribution < -0.4 is 15.4 Å². The van der Waals surface area contributed by atoms with E-state index in [1.165, 1.54) is 41.7 Å². The fourth-order valence-corrected chi connectivity index (χ4v) is 7.73. The maximum Gasteiger partial charge on any atom is 0.323 e. The average Bonchev–Trinajstić information content (AvgIpc) is 3.52. The zero-order chi connectivity index (χ0) is 32.3. The van der Waals surface area contributed by atoms with Crippen LogP contribution in [0.3, 0.4) is 0 Å². The highest BCUT2D eigenvalue weighted by molar-refractivity contribution is 7.91. The summed E-state index contributed by atoms with van der Waals surface area (Å²) in [5.74, 6) is -1.18. The maximum atomic E-state index is 13.2. The maximum absolute atomic E-state index is 13.2. The number of aliphatic carboxylic acids is 1. The SMILES string of the molecule is O=C(NCc1cnc(-c2ccc(OCCCN3CCOC[C@@H]3C(=O)O)cc2)s1)c1ccc2c(c1)NC(=O)c1ccccc1S2(=O)=O. The van der Waals surface area contributed by atoms with Crippen LogP contribution in [-0.4, -0.2) is 80.1 Å². The number of sulfone groups is 1. The number of carboxylic acids is 1. The molecule has 1 aromatic heterocycles. The molecule has 1 saturated heterocycles. The Morgan fingerprint density at radius 2 is 1.91 bits per heavy atom. The number of hydrogen-bond donors (Lipinski definition) is 3. The summed E-state index contributed by atoms with van der Waals surface area (Å²) in [5, 5.41) is 15.6. The third-order valence-electron chi connectivity index (χ3n) is 7.66. The number of thiazole rings is 1. The highest BCUT2D eigenvalue weighted by Gasteiger charge is 2.31. The highest BCUT2D eigenvalue weighted by atomic mass is 32.2. The number of amides is 2. The number of nitrogens with zero attached hydrogens (tertiary/aromatic N) is 2. The number of aromatic nitrogens is 1. The minimum Gasteiger partial charge on any atom is -0.494 e. The zero-order valence-corrected chi connectivity index (χ0v) is 26.1. The number of rotatable bonds is 10. The Kier molecular flexibility index (Phi) is 9.12. The van der Waals surface area contributed by atoms with Gasteiger partial charge in [-0.3, -0.25) is 19.3 Å². The van der Waals surface area contributed by atoms with Crippen LogP contribution in [-0.2, 0) is 25.9 Å². The molecule has 1 atom stereocenters. The Morgan fingerprint density at radius 3 is 2.72 bits per heavy atom. The van der Waals surface area contributed by atoms with E-state index in [1.807, 2.05) is 29.2 Å². The van der Waals surface area contributed by atoms with E-state index in [0.29, 0.717) is 38.5 Å². The van der Waals surface area contributed by atoms with Crippen molar-refractivity contribution >= 4 is 44.6 Å². The van der Waals surface area contributed by atoms with Gasteiger partial charge >= 0.3 is 5.97 Å². The molecule has 1 fully saturated rings. The lowest BCUT2D eigenvalue weighted by atomic mass is 10.1. The van der Waals surface area contributed by atoms with E-state index in [9.17, 15) is 27.9 Å². The van der Waals surface area contributed by atoms with Crippen LogP contribution in [0.2, 0.25) is 0 Å². The smallest absolute Gasteiger partial charge is 0.323 e. The Morgan fingerprint density at radius 1 is 1.11 bits per heavy atom. The number of carboxylic acid groups (broad SMARTS) is 1. The van der Waals surface area contributed by atoms with Crippen molar-refractivity contribution in [2.75, 3.05) is 38.2 Å². The van der Waals surface area contributed by atoms with Crippen LogP contribution in [0.25, 0.3) is 10.6 Å². The molecule has 6 rings (SSSR count). The van der Waals surface area contributed by atoms with Gasteiger partial charge < -0.3 is 25.2 Å². The van der Waals surface area contributed by atoms with Crippen molar-refractivity contribution in [1.82, 2.24) is 15.2 Å². The third-order valence-corrected chi connectivity index (χ3v) is 10.6. The summed E-state index contributed by atoms with van der Waals surface area (Å²) in [7, 11) is -3.96. The highest BCUT2D eigenvalue weighted by Crippen LogP contribution is 2.34. The average molecular weight is 663 g/mol. The van der Waals surface area contributed by atoms with Gasteiger partial charge in [0, 0.05) is 35.3 Å². The van der Waals surface area contributed by atoms with Gasteiger partial charge in [-0.25, -0.2) is 13.4 Å². The molecule has 0 spiro atoms. The molecule has 0 saturated carbocycles. The Bertz CT molecular complexity index is 1890. The Hall–Kier alpha value is -4.63. The number of hydrogen-bond acceptors (Lipinski definition) is 10. The molecule has 0 aliphatic carbocycles. The van der Waals surface area contributed by atoms with Gasteiger partial charge in [0.05, 0.1) is 47.4 Å². The van der Waals surface area contributed by atoms with Crippen LogP contribution in [0.15, 0.2) is 82.7 Å². The second kappa shape index (κ2) is 13.4. The summed E-state index contributed by atoms with van der Waals surface area (Å²) in [5.41, 5.74) is 1.18. The first-order chi connectivity index (χ1) is 22.2. The standard InChI is InChI=1S/C32H30N4O8S2/c37-29(21-8-11-28-25(16-21)35-30(38)24-4-1-2-5-27(24)46(28,41)42)33-17-23-18-34-31(45-23)20-6-9-22(10-7-20)44-14-3-12-36-13-15-43-19-26(36)32(39)40/h1-2,4-11,16,18,26H,3,12-15,17,19H2,(H,33,37)(H,35,38)(H,39,40)/t26-/m1/s1. The van der Waals surface area contributed by atoms with Gasteiger partial charge in [0.2, 0.25) is 9.84 Å². The van der Waals surface area contributed by atoms with Gasteiger partial charge in [-0.1, -0.05) is 12.1 Å². The summed E-state index contributed by atoms with van der Waals surface area (Å²) >= 11 is 1.42. The lowest BCUT2D eigenvalue weighted by Crippen LogP contribution is -2.50. The molecular weight excluding hydrogens is 633 g/mol. The molecule has 3 aromatic carbocycles. The quantitative estimate of drug-likeness (QED) is 0.213. The van der Waals surface area contributed by atoms with Crippen molar-refractivity contribution in [1.29, 1.82) is 0 Å². The van der Waals surface area contributed by atoms with Crippen molar-refractivity contribution in [2.45, 2.75) is 28.8 Å². The topological polar surface area (TPSA) is 164 Å². The van der Waals surface area contributed by atoms with E-state index in [4.69, 9.17) is 9.47 Å². The van der Waals surface area contributed by atoms with Crippen LogP contribution in [0, 0.1) is 0 Å². The number of morpholine rings is 1.